The molecule has 0 unspecified atom stereocenters. The molecule has 2 aromatic heterocycles. The van der Waals surface area contributed by atoms with E-state index in [1.807, 2.05) is 16.1 Å². The molecule has 0 bridgehead atoms. The zero-order valence-corrected chi connectivity index (χ0v) is 10.2. The Morgan fingerprint density at radius 1 is 1.65 bits per heavy atom. The maximum absolute atomic E-state index is 8.38. The van der Waals surface area contributed by atoms with Crippen molar-refractivity contribution in [2.24, 2.45) is 5.11 Å². The molecular weight excluding hydrogens is 260 g/mol. The van der Waals surface area contributed by atoms with Crippen LogP contribution in [-0.2, 0) is 6.54 Å². The second-order valence-corrected chi connectivity index (χ2v) is 4.50. The summed E-state index contributed by atoms with van der Waals surface area (Å²) in [6, 6.07) is 1.69. The lowest BCUT2D eigenvalue weighted by atomic mass is 10.2. The summed E-state index contributed by atoms with van der Waals surface area (Å²) in [5.41, 5.74) is 15.3. The predicted octanol–water partition coefficient (Wildman–Crippen LogP) is 2.66. The van der Waals surface area contributed by atoms with Gasteiger partial charge in [0.15, 0.2) is 0 Å². The largest absolute Gasteiger partial charge is 0.331 e. The van der Waals surface area contributed by atoms with E-state index in [9.17, 15) is 0 Å². The predicted molar refractivity (Wildman–Crippen MR) is 66.1 cm³/mol. The molecule has 0 aliphatic heterocycles. The molecular formula is C9H8ClN6S+. The Hall–Kier alpha value is -1.82. The molecule has 0 radical (unpaired) electrons. The number of anilines is 1. The number of nitrogens with two attached hydrogens (primary N) is 1. The topological polar surface area (TPSA) is 91.6 Å². The summed E-state index contributed by atoms with van der Waals surface area (Å²) < 4.78 is 1.87. The molecule has 2 rings (SSSR count). The summed E-state index contributed by atoms with van der Waals surface area (Å²) in [6.45, 7) is 0.563. The van der Waals surface area contributed by atoms with Crippen LogP contribution in [0.15, 0.2) is 29.0 Å². The van der Waals surface area contributed by atoms with Gasteiger partial charge in [0, 0.05) is 22.1 Å². The first kappa shape index (κ1) is 11.7. The average molecular weight is 268 g/mol. The SMILES string of the molecule is [N-]=[N+]=Nc1cc(C[n+]2ccsc2N)cnc1Cl. The van der Waals surface area contributed by atoms with Gasteiger partial charge in [-0.25, -0.2) is 9.55 Å². The molecule has 0 amide bonds. The maximum Gasteiger partial charge on any atom is 0.331 e. The molecule has 17 heavy (non-hydrogen) atoms. The molecule has 0 saturated carbocycles. The van der Waals surface area contributed by atoms with Crippen molar-refractivity contribution < 1.29 is 4.57 Å². The summed E-state index contributed by atoms with van der Waals surface area (Å²) >= 11 is 7.24. The van der Waals surface area contributed by atoms with E-state index < -0.39 is 0 Å². The molecule has 86 valence electrons. The molecule has 0 spiro atoms. The maximum atomic E-state index is 8.38. The number of nitrogen functional groups attached to an aromatic ring is 1. The zero-order chi connectivity index (χ0) is 12.3. The minimum Gasteiger partial charge on any atom is -0.278 e. The highest BCUT2D eigenvalue weighted by atomic mass is 35.5. The lowest BCUT2D eigenvalue weighted by Gasteiger charge is -2.01. The Morgan fingerprint density at radius 3 is 3.12 bits per heavy atom. The highest BCUT2D eigenvalue weighted by Gasteiger charge is 2.08. The number of pyridine rings is 1. The number of nitrogens with zero attached hydrogens (tertiary/aromatic N) is 5. The standard InChI is InChI=1S/C9H7ClN6S/c10-8-7(14-15-12)3-6(4-13-8)5-16-1-2-17-9(16)11/h1-4,11H,5H2/p+1. The van der Waals surface area contributed by atoms with Gasteiger partial charge in [-0.15, -0.1) is 0 Å². The summed E-state index contributed by atoms with van der Waals surface area (Å²) in [5.74, 6) is 0. The van der Waals surface area contributed by atoms with Gasteiger partial charge in [0.2, 0.25) is 0 Å². The Morgan fingerprint density at radius 2 is 2.47 bits per heavy atom. The van der Waals surface area contributed by atoms with Gasteiger partial charge < -0.3 is 0 Å². The summed E-state index contributed by atoms with van der Waals surface area (Å²) in [6.07, 6.45) is 3.50. The first-order valence-electron chi connectivity index (χ1n) is 4.62. The minimum absolute atomic E-state index is 0.190. The van der Waals surface area contributed by atoms with Gasteiger partial charge in [0.05, 0.1) is 5.69 Å². The van der Waals surface area contributed by atoms with E-state index in [1.54, 1.807) is 12.3 Å². The number of halogens is 1. The van der Waals surface area contributed by atoms with Crippen molar-refractivity contribution in [3.63, 3.8) is 0 Å². The van der Waals surface area contributed by atoms with Crippen LogP contribution < -0.4 is 10.3 Å². The Balaban J connectivity index is 2.31. The van der Waals surface area contributed by atoms with Gasteiger partial charge in [-0.1, -0.05) is 28.1 Å². The van der Waals surface area contributed by atoms with Crippen LogP contribution in [0.5, 0.6) is 0 Å². The number of hydrogen-bond donors (Lipinski definition) is 1. The normalized spacial score (nSPS) is 9.94. The lowest BCUT2D eigenvalue weighted by Crippen LogP contribution is -2.34. The molecule has 2 heterocycles. The molecule has 8 heteroatoms. The number of rotatable bonds is 3. The molecule has 0 atom stereocenters. The van der Waals surface area contributed by atoms with Crippen LogP contribution in [-0.4, -0.2) is 4.98 Å². The van der Waals surface area contributed by atoms with Crippen LogP contribution in [0.3, 0.4) is 0 Å². The average Bonchev–Trinajstić information content (AvgIpc) is 2.70. The fraction of sp³-hybridized carbons (Fsp3) is 0.111. The van der Waals surface area contributed by atoms with Crippen LogP contribution in [0.2, 0.25) is 5.15 Å². The van der Waals surface area contributed by atoms with Gasteiger partial charge in [0.1, 0.15) is 17.9 Å². The molecule has 0 saturated heterocycles. The molecule has 0 aliphatic carbocycles. The number of azide groups is 1. The first-order chi connectivity index (χ1) is 8.20. The Kier molecular flexibility index (Phi) is 3.43. The number of hydrogen-bond acceptors (Lipinski definition) is 4. The van der Waals surface area contributed by atoms with Crippen molar-refractivity contribution in [3.05, 3.63) is 45.0 Å². The van der Waals surface area contributed by atoms with Crippen molar-refractivity contribution in [1.29, 1.82) is 0 Å². The van der Waals surface area contributed by atoms with Gasteiger partial charge in [-0.05, 0) is 11.6 Å². The van der Waals surface area contributed by atoms with E-state index in [4.69, 9.17) is 22.9 Å². The van der Waals surface area contributed by atoms with Crippen LogP contribution in [0, 0.1) is 0 Å². The molecule has 0 aromatic carbocycles. The zero-order valence-electron chi connectivity index (χ0n) is 8.62. The van der Waals surface area contributed by atoms with E-state index >= 15 is 0 Å². The fourth-order valence-corrected chi connectivity index (χ4v) is 2.07. The number of thiazole rings is 1. The second-order valence-electron chi connectivity index (χ2n) is 3.21. The fourth-order valence-electron chi connectivity index (χ4n) is 1.33. The summed E-state index contributed by atoms with van der Waals surface area (Å²) in [4.78, 5) is 6.65. The summed E-state index contributed by atoms with van der Waals surface area (Å²) in [5, 5.41) is 6.25. The first-order valence-corrected chi connectivity index (χ1v) is 5.88. The Bertz CT molecular complexity index is 589. The monoisotopic (exact) mass is 267 g/mol. The lowest BCUT2D eigenvalue weighted by molar-refractivity contribution is -0.669. The molecule has 0 fully saturated rings. The van der Waals surface area contributed by atoms with E-state index in [2.05, 4.69) is 15.0 Å². The van der Waals surface area contributed by atoms with E-state index in [0.29, 0.717) is 17.4 Å². The number of aromatic nitrogens is 2. The van der Waals surface area contributed by atoms with Gasteiger partial charge in [-0.3, -0.25) is 5.73 Å². The van der Waals surface area contributed by atoms with Gasteiger partial charge in [0.25, 0.3) is 0 Å². The molecule has 2 N–H and O–H groups in total. The van der Waals surface area contributed by atoms with Crippen LogP contribution >= 0.6 is 22.9 Å². The highest BCUT2D eigenvalue weighted by Crippen LogP contribution is 2.23. The van der Waals surface area contributed by atoms with Gasteiger partial charge >= 0.3 is 5.13 Å². The second kappa shape index (κ2) is 5.01. The van der Waals surface area contributed by atoms with Crippen LogP contribution in [0.25, 0.3) is 10.4 Å². The van der Waals surface area contributed by atoms with Crippen molar-refractivity contribution >= 4 is 33.8 Å². The highest BCUT2D eigenvalue weighted by molar-refractivity contribution is 7.12. The molecule has 0 aliphatic rings. The Labute approximate surface area is 106 Å². The van der Waals surface area contributed by atoms with Crippen molar-refractivity contribution in [1.82, 2.24) is 4.98 Å². The van der Waals surface area contributed by atoms with Crippen molar-refractivity contribution in [3.8, 4) is 0 Å². The van der Waals surface area contributed by atoms with Crippen molar-refractivity contribution in [2.45, 2.75) is 6.54 Å². The van der Waals surface area contributed by atoms with Crippen LogP contribution in [0.1, 0.15) is 5.56 Å². The van der Waals surface area contributed by atoms with E-state index in [1.165, 1.54) is 11.3 Å². The third-order valence-corrected chi connectivity index (χ3v) is 3.12. The van der Waals surface area contributed by atoms with Crippen molar-refractivity contribution in [2.75, 3.05) is 5.73 Å². The molecule has 2 aromatic rings. The van der Waals surface area contributed by atoms with Crippen LogP contribution in [0.4, 0.5) is 10.8 Å². The smallest absolute Gasteiger partial charge is 0.278 e. The van der Waals surface area contributed by atoms with Gasteiger partial charge in [-0.2, -0.15) is 0 Å². The molecule has 6 nitrogen and oxygen atoms in total. The quantitative estimate of drug-likeness (QED) is 0.304. The minimum atomic E-state index is 0.190. The third-order valence-electron chi connectivity index (χ3n) is 2.10. The summed E-state index contributed by atoms with van der Waals surface area (Å²) in [7, 11) is 0. The van der Waals surface area contributed by atoms with E-state index in [0.717, 1.165) is 5.56 Å². The third kappa shape index (κ3) is 2.65. The van der Waals surface area contributed by atoms with E-state index in [-0.39, 0.29) is 5.15 Å².